The molecule has 1 N–H and O–H groups in total. The van der Waals surface area contributed by atoms with Gasteiger partial charge in [-0.2, -0.15) is 0 Å². The Morgan fingerprint density at radius 2 is 2.00 bits per heavy atom. The Hall–Kier alpha value is -2.40. The first-order valence-electron chi connectivity index (χ1n) is 11.7. The van der Waals surface area contributed by atoms with E-state index in [0.29, 0.717) is 12.3 Å². The average molecular weight is 437 g/mol. The van der Waals surface area contributed by atoms with Gasteiger partial charge in [-0.15, -0.1) is 0 Å². The van der Waals surface area contributed by atoms with Crippen molar-refractivity contribution in [3.8, 4) is 0 Å². The second-order valence-electron chi connectivity index (χ2n) is 11.1. The van der Waals surface area contributed by atoms with Crippen molar-refractivity contribution in [1.82, 2.24) is 0 Å². The number of nitrogens with one attached hydrogen (secondary N) is 1. The van der Waals surface area contributed by atoms with E-state index in [1.807, 2.05) is 6.07 Å². The van der Waals surface area contributed by atoms with Gasteiger partial charge in [0.2, 0.25) is 5.91 Å². The summed E-state index contributed by atoms with van der Waals surface area (Å²) in [4.78, 5) is 15.2. The highest BCUT2D eigenvalue weighted by Crippen LogP contribution is 2.57. The molecule has 2 aromatic rings. The predicted molar refractivity (Wildman–Crippen MR) is 125 cm³/mol. The third-order valence-electron chi connectivity index (χ3n) is 7.14. The van der Waals surface area contributed by atoms with Crippen molar-refractivity contribution in [1.29, 1.82) is 0 Å². The summed E-state index contributed by atoms with van der Waals surface area (Å²) in [6.45, 7) is 10.7. The fourth-order valence-corrected chi connectivity index (χ4v) is 5.57. The normalized spacial score (nSPS) is 24.2. The van der Waals surface area contributed by atoms with Crippen molar-refractivity contribution < 1.29 is 13.9 Å². The molecule has 3 aliphatic heterocycles. The smallest absolute Gasteiger partial charge is 0.224 e. The van der Waals surface area contributed by atoms with Crippen LogP contribution in [0.15, 0.2) is 30.3 Å². The second kappa shape index (κ2) is 7.58. The number of rotatable bonds is 4. The number of anilines is 2. The van der Waals surface area contributed by atoms with Crippen LogP contribution in [0, 0.1) is 24.1 Å². The van der Waals surface area contributed by atoms with Crippen LogP contribution < -0.4 is 10.2 Å². The second-order valence-corrected chi connectivity index (χ2v) is 11.1. The van der Waals surface area contributed by atoms with Crippen LogP contribution in [0.1, 0.15) is 62.3 Å². The van der Waals surface area contributed by atoms with Gasteiger partial charge < -0.3 is 15.0 Å². The minimum atomic E-state index is -0.271. The number of halogens is 1. The van der Waals surface area contributed by atoms with E-state index in [4.69, 9.17) is 4.74 Å². The van der Waals surface area contributed by atoms with Crippen LogP contribution in [0.4, 0.5) is 15.8 Å². The predicted octanol–water partition coefficient (Wildman–Crippen LogP) is 5.71. The third-order valence-corrected chi connectivity index (χ3v) is 7.14. The van der Waals surface area contributed by atoms with Crippen LogP contribution in [0.3, 0.4) is 0 Å². The van der Waals surface area contributed by atoms with Gasteiger partial charge in [0, 0.05) is 36.4 Å². The molecule has 2 aromatic carbocycles. The zero-order valence-electron chi connectivity index (χ0n) is 19.6. The number of carbonyl (C=O) groups excluding carboxylic acids is 1. The highest BCUT2D eigenvalue weighted by molar-refractivity contribution is 5.93. The van der Waals surface area contributed by atoms with E-state index >= 15 is 0 Å². The lowest BCUT2D eigenvalue weighted by atomic mass is 9.69. The lowest BCUT2D eigenvalue weighted by Gasteiger charge is -2.39. The van der Waals surface area contributed by atoms with E-state index in [-0.39, 0.29) is 22.7 Å². The van der Waals surface area contributed by atoms with Gasteiger partial charge in [0.15, 0.2) is 0 Å². The standard InChI is InChI=1S/C27H33FN2O2/c1-17-9-22(30-8-7-19-10-21(28)6-5-20(19)15-30)11-23(27-12-18(13-27)16-32-27)25(17)29-24(31)14-26(2,3)4/h5-6,9-11,18H,7-8,12-16H2,1-4H3,(H,29,31). The van der Waals surface area contributed by atoms with E-state index < -0.39 is 0 Å². The van der Waals surface area contributed by atoms with Crippen molar-refractivity contribution in [2.75, 3.05) is 23.4 Å². The lowest BCUT2D eigenvalue weighted by molar-refractivity contribution is -0.117. The van der Waals surface area contributed by atoms with E-state index in [1.165, 1.54) is 5.56 Å². The van der Waals surface area contributed by atoms with E-state index in [2.05, 4.69) is 50.0 Å². The molecule has 0 spiro atoms. The molecule has 2 bridgehead atoms. The molecule has 32 heavy (non-hydrogen) atoms. The van der Waals surface area contributed by atoms with Crippen molar-refractivity contribution in [3.63, 3.8) is 0 Å². The zero-order chi connectivity index (χ0) is 22.7. The van der Waals surface area contributed by atoms with Crippen LogP contribution in [0.2, 0.25) is 0 Å². The Kier molecular flexibility index (Phi) is 5.08. The lowest BCUT2D eigenvalue weighted by Crippen LogP contribution is -2.36. The van der Waals surface area contributed by atoms with Crippen LogP contribution in [0.25, 0.3) is 0 Å². The molecule has 3 fully saturated rings. The summed E-state index contributed by atoms with van der Waals surface area (Å²) in [5, 5.41) is 3.23. The summed E-state index contributed by atoms with van der Waals surface area (Å²) in [5.41, 5.74) is 6.20. The Morgan fingerprint density at radius 3 is 2.69 bits per heavy atom. The molecule has 1 amide bonds. The van der Waals surface area contributed by atoms with Gasteiger partial charge in [0.05, 0.1) is 12.2 Å². The number of fused-ring (bicyclic) bond motifs is 2. The Balaban J connectivity index is 1.48. The Bertz CT molecular complexity index is 1060. The van der Waals surface area contributed by atoms with Crippen molar-refractivity contribution >= 4 is 17.3 Å². The molecule has 4 aliphatic rings. The highest BCUT2D eigenvalue weighted by Gasteiger charge is 2.54. The molecule has 1 saturated carbocycles. The number of hydrogen-bond donors (Lipinski definition) is 1. The van der Waals surface area contributed by atoms with Crippen LogP contribution >= 0.6 is 0 Å². The molecule has 4 nitrogen and oxygen atoms in total. The SMILES string of the molecule is Cc1cc(N2CCc3cc(F)ccc3C2)cc(C23CC(CO2)C3)c1NC(=O)CC(C)(C)C. The van der Waals surface area contributed by atoms with Crippen LogP contribution in [0.5, 0.6) is 0 Å². The van der Waals surface area contributed by atoms with E-state index in [1.54, 1.807) is 12.1 Å². The summed E-state index contributed by atoms with van der Waals surface area (Å²) in [5.74, 6) is 0.519. The number of carbonyl (C=O) groups is 1. The van der Waals surface area contributed by atoms with Gasteiger partial charge in [0.25, 0.3) is 0 Å². The van der Waals surface area contributed by atoms with Crippen molar-refractivity contribution in [2.45, 2.75) is 65.5 Å². The van der Waals surface area contributed by atoms with Crippen molar-refractivity contribution in [2.24, 2.45) is 11.3 Å². The van der Waals surface area contributed by atoms with Gasteiger partial charge in [0.1, 0.15) is 5.82 Å². The molecular weight excluding hydrogens is 403 g/mol. The maximum absolute atomic E-state index is 13.6. The van der Waals surface area contributed by atoms with E-state index in [9.17, 15) is 9.18 Å². The highest BCUT2D eigenvalue weighted by atomic mass is 19.1. The third kappa shape index (κ3) is 3.92. The summed E-state index contributed by atoms with van der Waals surface area (Å²) in [6.07, 6.45) is 3.36. The van der Waals surface area contributed by atoms with Crippen molar-refractivity contribution in [3.05, 3.63) is 58.4 Å². The first-order valence-corrected chi connectivity index (χ1v) is 11.7. The molecule has 6 rings (SSSR count). The van der Waals surface area contributed by atoms with Gasteiger partial charge in [-0.1, -0.05) is 26.8 Å². The zero-order valence-corrected chi connectivity index (χ0v) is 19.6. The summed E-state index contributed by atoms with van der Waals surface area (Å²) in [7, 11) is 0. The molecule has 3 heterocycles. The average Bonchev–Trinajstić information content (AvgIpc) is 3.29. The molecule has 0 radical (unpaired) electrons. The topological polar surface area (TPSA) is 41.6 Å². The molecule has 1 aliphatic carbocycles. The first-order chi connectivity index (χ1) is 15.1. The molecule has 5 heteroatoms. The minimum absolute atomic E-state index is 0.0498. The van der Waals surface area contributed by atoms with Crippen LogP contribution in [-0.4, -0.2) is 19.1 Å². The van der Waals surface area contributed by atoms with Gasteiger partial charge in [-0.05, 0) is 78.5 Å². The number of amides is 1. The Labute approximate surface area is 190 Å². The monoisotopic (exact) mass is 436 g/mol. The molecule has 0 atom stereocenters. The quantitative estimate of drug-likeness (QED) is 0.668. The molecule has 0 aromatic heterocycles. The maximum Gasteiger partial charge on any atom is 0.224 e. The summed E-state index contributed by atoms with van der Waals surface area (Å²) >= 11 is 0. The molecule has 2 saturated heterocycles. The first kappa shape index (κ1) is 21.4. The fraction of sp³-hybridized carbons (Fsp3) is 0.519. The van der Waals surface area contributed by atoms with Crippen LogP contribution in [-0.2, 0) is 28.1 Å². The number of nitrogens with zero attached hydrogens (tertiary/aromatic N) is 1. The molecule has 0 unspecified atom stereocenters. The van der Waals surface area contributed by atoms with Gasteiger partial charge in [-0.3, -0.25) is 4.79 Å². The summed E-state index contributed by atoms with van der Waals surface area (Å²) in [6, 6.07) is 9.52. The fourth-order valence-electron chi connectivity index (χ4n) is 5.57. The maximum atomic E-state index is 13.6. The number of ether oxygens (including phenoxy) is 1. The largest absolute Gasteiger partial charge is 0.370 e. The summed E-state index contributed by atoms with van der Waals surface area (Å²) < 4.78 is 19.9. The number of aryl methyl sites for hydroxylation is 1. The van der Waals surface area contributed by atoms with Gasteiger partial charge in [-0.25, -0.2) is 4.39 Å². The molecule has 170 valence electrons. The van der Waals surface area contributed by atoms with Gasteiger partial charge >= 0.3 is 0 Å². The molecular formula is C27H33FN2O2. The Morgan fingerprint density at radius 1 is 1.22 bits per heavy atom. The number of benzene rings is 2. The minimum Gasteiger partial charge on any atom is -0.370 e. The van der Waals surface area contributed by atoms with E-state index in [0.717, 1.165) is 67.0 Å². The number of hydrogen-bond acceptors (Lipinski definition) is 3.